The molecule has 0 fully saturated rings. The normalized spacial score (nSPS) is 10.5. The van der Waals surface area contributed by atoms with Crippen LogP contribution in [0.2, 0.25) is 0 Å². The molecular weight excluding hydrogens is 324 g/mol. The fourth-order valence-electron chi connectivity index (χ4n) is 1.59. The molecule has 0 saturated carbocycles. The molecule has 0 bridgehead atoms. The van der Waals surface area contributed by atoms with Crippen molar-refractivity contribution in [1.82, 2.24) is 9.97 Å². The fourth-order valence-corrected chi connectivity index (χ4v) is 3.08. The summed E-state index contributed by atoms with van der Waals surface area (Å²) in [5.41, 5.74) is 8.05. The Balaban J connectivity index is 2.30. The minimum Gasteiger partial charge on any atom is -0.384 e. The predicted molar refractivity (Wildman–Crippen MR) is 80.8 cm³/mol. The predicted octanol–water partition coefficient (Wildman–Crippen LogP) is 3.29. The van der Waals surface area contributed by atoms with Gasteiger partial charge in [0.2, 0.25) is 0 Å². The number of halogens is 1. The van der Waals surface area contributed by atoms with Crippen LogP contribution in [0.1, 0.15) is 17.0 Å². The Hall–Kier alpha value is -1.40. The van der Waals surface area contributed by atoms with E-state index in [0.717, 1.165) is 20.8 Å². The molecule has 2 rings (SSSR count). The molecular formula is C13H13BrN4S. The van der Waals surface area contributed by atoms with Crippen molar-refractivity contribution in [3.8, 4) is 0 Å². The van der Waals surface area contributed by atoms with Gasteiger partial charge in [0, 0.05) is 26.3 Å². The molecule has 0 aliphatic carbocycles. The number of nitrogens with two attached hydrogens (primary N) is 1. The van der Waals surface area contributed by atoms with E-state index in [1.54, 1.807) is 0 Å². The summed E-state index contributed by atoms with van der Waals surface area (Å²) in [4.78, 5) is 9.78. The number of nitrogens with one attached hydrogen (secondary N) is 1. The van der Waals surface area contributed by atoms with Gasteiger partial charge in [-0.2, -0.15) is 0 Å². The molecule has 2 aromatic rings. The summed E-state index contributed by atoms with van der Waals surface area (Å²) in [6.45, 7) is 3.90. The van der Waals surface area contributed by atoms with Crippen LogP contribution in [0.4, 0.5) is 0 Å². The van der Waals surface area contributed by atoms with Gasteiger partial charge in [-0.05, 0) is 59.7 Å². The Morgan fingerprint density at radius 2 is 1.84 bits per heavy atom. The SMILES string of the molecule is Cc1cc(C)nc(Sc2ccc(C(=N)N)cc2Br)n1. The maximum atomic E-state index is 7.41. The van der Waals surface area contributed by atoms with Gasteiger partial charge in [-0.3, -0.25) is 5.41 Å². The van der Waals surface area contributed by atoms with Gasteiger partial charge in [0.15, 0.2) is 5.16 Å². The van der Waals surface area contributed by atoms with Crippen LogP contribution in [0.3, 0.4) is 0 Å². The number of nitrogens with zero attached hydrogens (tertiary/aromatic N) is 2. The number of hydrogen-bond acceptors (Lipinski definition) is 4. The summed E-state index contributed by atoms with van der Waals surface area (Å²) in [5.74, 6) is 0.0555. The van der Waals surface area contributed by atoms with E-state index in [4.69, 9.17) is 11.1 Å². The molecule has 0 spiro atoms. The first-order valence-corrected chi connectivity index (χ1v) is 7.21. The highest BCUT2D eigenvalue weighted by Gasteiger charge is 2.08. The van der Waals surface area contributed by atoms with E-state index in [1.807, 2.05) is 38.1 Å². The number of aromatic nitrogens is 2. The molecule has 0 saturated heterocycles. The van der Waals surface area contributed by atoms with E-state index < -0.39 is 0 Å². The molecule has 19 heavy (non-hydrogen) atoms. The van der Waals surface area contributed by atoms with Crippen molar-refractivity contribution in [2.45, 2.75) is 23.9 Å². The van der Waals surface area contributed by atoms with E-state index in [9.17, 15) is 0 Å². The van der Waals surface area contributed by atoms with E-state index in [1.165, 1.54) is 11.8 Å². The molecule has 0 atom stereocenters. The molecule has 0 amide bonds. The lowest BCUT2D eigenvalue weighted by Crippen LogP contribution is -2.10. The smallest absolute Gasteiger partial charge is 0.192 e. The molecule has 3 N–H and O–H groups in total. The number of rotatable bonds is 3. The van der Waals surface area contributed by atoms with Gasteiger partial charge in [0.1, 0.15) is 5.84 Å². The Labute approximate surface area is 124 Å². The minimum absolute atomic E-state index is 0.0555. The number of benzene rings is 1. The van der Waals surface area contributed by atoms with Crippen LogP contribution in [0, 0.1) is 19.3 Å². The van der Waals surface area contributed by atoms with Crippen LogP contribution >= 0.6 is 27.7 Å². The zero-order chi connectivity index (χ0) is 14.0. The van der Waals surface area contributed by atoms with Gasteiger partial charge in [-0.25, -0.2) is 9.97 Å². The number of amidine groups is 1. The lowest BCUT2D eigenvalue weighted by Gasteiger charge is -2.06. The van der Waals surface area contributed by atoms with Crippen LogP contribution in [0.5, 0.6) is 0 Å². The molecule has 4 nitrogen and oxygen atoms in total. The third-order valence-corrected chi connectivity index (χ3v) is 4.27. The highest BCUT2D eigenvalue weighted by Crippen LogP contribution is 2.32. The Bertz CT molecular complexity index is 622. The molecule has 0 aliphatic heterocycles. The minimum atomic E-state index is 0.0555. The number of nitrogen functional groups attached to an aromatic ring is 1. The van der Waals surface area contributed by atoms with E-state index >= 15 is 0 Å². The Kier molecular flexibility index (Phi) is 4.21. The second kappa shape index (κ2) is 5.71. The molecule has 0 radical (unpaired) electrons. The molecule has 6 heteroatoms. The van der Waals surface area contributed by atoms with Crippen LogP contribution < -0.4 is 5.73 Å². The third-order valence-electron chi connectivity index (χ3n) is 2.41. The average molecular weight is 337 g/mol. The summed E-state index contributed by atoms with van der Waals surface area (Å²) in [7, 11) is 0. The first-order chi connectivity index (χ1) is 8.95. The number of hydrogen-bond donors (Lipinski definition) is 2. The Morgan fingerprint density at radius 3 is 2.37 bits per heavy atom. The maximum Gasteiger partial charge on any atom is 0.192 e. The first-order valence-electron chi connectivity index (χ1n) is 5.60. The fraction of sp³-hybridized carbons (Fsp3) is 0.154. The standard InChI is InChI=1S/C13H13BrN4S/c1-7-5-8(2)18-13(17-7)19-11-4-3-9(12(15)16)6-10(11)14/h3-6H,1-2H3,(H3,15,16). The monoisotopic (exact) mass is 336 g/mol. The van der Waals surface area contributed by atoms with Crippen molar-refractivity contribution < 1.29 is 0 Å². The molecule has 1 aromatic heterocycles. The molecule has 1 heterocycles. The average Bonchev–Trinajstić information content (AvgIpc) is 2.30. The quantitative estimate of drug-likeness (QED) is 0.512. The highest BCUT2D eigenvalue weighted by atomic mass is 79.9. The van der Waals surface area contributed by atoms with Crippen molar-refractivity contribution in [3.05, 3.63) is 45.7 Å². The van der Waals surface area contributed by atoms with Gasteiger partial charge >= 0.3 is 0 Å². The highest BCUT2D eigenvalue weighted by molar-refractivity contribution is 9.10. The maximum absolute atomic E-state index is 7.41. The summed E-state index contributed by atoms with van der Waals surface area (Å²) in [6.07, 6.45) is 0. The van der Waals surface area contributed by atoms with Crippen molar-refractivity contribution in [2.75, 3.05) is 0 Å². The van der Waals surface area contributed by atoms with Crippen LogP contribution in [-0.2, 0) is 0 Å². The van der Waals surface area contributed by atoms with Crippen molar-refractivity contribution in [1.29, 1.82) is 5.41 Å². The van der Waals surface area contributed by atoms with Gasteiger partial charge < -0.3 is 5.73 Å². The van der Waals surface area contributed by atoms with Gasteiger partial charge in [-0.15, -0.1) is 0 Å². The van der Waals surface area contributed by atoms with E-state index in [0.29, 0.717) is 10.7 Å². The molecule has 1 aromatic carbocycles. The second-order valence-corrected chi connectivity index (χ2v) is 5.96. The molecule has 0 unspecified atom stereocenters. The van der Waals surface area contributed by atoms with Crippen molar-refractivity contribution in [2.24, 2.45) is 5.73 Å². The van der Waals surface area contributed by atoms with Crippen LogP contribution in [-0.4, -0.2) is 15.8 Å². The first kappa shape index (κ1) is 14.0. The van der Waals surface area contributed by atoms with E-state index in [-0.39, 0.29) is 5.84 Å². The lowest BCUT2D eigenvalue weighted by molar-refractivity contribution is 0.902. The summed E-state index contributed by atoms with van der Waals surface area (Å²) < 4.78 is 0.882. The van der Waals surface area contributed by atoms with Crippen molar-refractivity contribution in [3.63, 3.8) is 0 Å². The van der Waals surface area contributed by atoms with Gasteiger partial charge in [0.25, 0.3) is 0 Å². The zero-order valence-electron chi connectivity index (χ0n) is 10.6. The van der Waals surface area contributed by atoms with E-state index in [2.05, 4.69) is 25.9 Å². The largest absolute Gasteiger partial charge is 0.384 e. The zero-order valence-corrected chi connectivity index (χ0v) is 13.0. The molecule has 0 aliphatic rings. The summed E-state index contributed by atoms with van der Waals surface area (Å²) in [6, 6.07) is 7.50. The third kappa shape index (κ3) is 3.54. The lowest BCUT2D eigenvalue weighted by atomic mass is 10.2. The second-order valence-electron chi connectivity index (χ2n) is 4.09. The van der Waals surface area contributed by atoms with Crippen LogP contribution in [0.25, 0.3) is 0 Å². The topological polar surface area (TPSA) is 75.7 Å². The summed E-state index contributed by atoms with van der Waals surface area (Å²) >= 11 is 4.96. The van der Waals surface area contributed by atoms with Gasteiger partial charge in [0.05, 0.1) is 0 Å². The Morgan fingerprint density at radius 1 is 1.21 bits per heavy atom. The van der Waals surface area contributed by atoms with Crippen molar-refractivity contribution >= 4 is 33.5 Å². The molecule has 98 valence electrons. The van der Waals surface area contributed by atoms with Crippen LogP contribution in [0.15, 0.2) is 38.8 Å². The summed E-state index contributed by atoms with van der Waals surface area (Å²) in [5, 5.41) is 8.12. The van der Waals surface area contributed by atoms with Gasteiger partial charge in [-0.1, -0.05) is 6.07 Å². The number of aryl methyl sites for hydroxylation is 2.